The molecule has 68 valence electrons. The van der Waals surface area contributed by atoms with Gasteiger partial charge in [0.05, 0.1) is 4.92 Å². The van der Waals surface area contributed by atoms with Gasteiger partial charge in [0.25, 0.3) is 0 Å². The van der Waals surface area contributed by atoms with Gasteiger partial charge >= 0.3 is 5.69 Å². The summed E-state index contributed by atoms with van der Waals surface area (Å²) in [6.07, 6.45) is 0.360. The van der Waals surface area contributed by atoms with Crippen molar-refractivity contribution in [1.82, 2.24) is 0 Å². The molecule has 0 spiro atoms. The van der Waals surface area contributed by atoms with Gasteiger partial charge in [-0.2, -0.15) is 0 Å². The van der Waals surface area contributed by atoms with Crippen LogP contribution in [0.1, 0.15) is 0 Å². The average molecular weight is 201 g/mol. The van der Waals surface area contributed by atoms with Crippen molar-refractivity contribution in [3.05, 3.63) is 33.3 Å². The van der Waals surface area contributed by atoms with Crippen molar-refractivity contribution in [3.8, 4) is 0 Å². The van der Waals surface area contributed by atoms with E-state index in [1.54, 1.807) is 0 Å². The van der Waals surface area contributed by atoms with Crippen LogP contribution >= 0.6 is 11.6 Å². The molecule has 1 aromatic rings. The number of benzene rings is 1. The van der Waals surface area contributed by atoms with Gasteiger partial charge in [0.2, 0.25) is 6.41 Å². The monoisotopic (exact) mass is 200 g/mol. The maximum absolute atomic E-state index is 10.5. The molecule has 0 bridgehead atoms. The molecule has 0 aliphatic carbocycles. The van der Waals surface area contributed by atoms with Crippen LogP contribution in [-0.4, -0.2) is 11.3 Å². The summed E-state index contributed by atoms with van der Waals surface area (Å²) in [5, 5.41) is 12.7. The Balaban J connectivity index is 3.25. The number of halogens is 1. The molecule has 0 atom stereocenters. The SMILES string of the molecule is O=CNc1cccc(Cl)c1[N+](=O)[O-]. The van der Waals surface area contributed by atoms with Gasteiger partial charge in [0, 0.05) is 0 Å². The molecule has 0 aliphatic rings. The Hall–Kier alpha value is -1.62. The van der Waals surface area contributed by atoms with E-state index in [2.05, 4.69) is 5.32 Å². The quantitative estimate of drug-likeness (QED) is 0.460. The van der Waals surface area contributed by atoms with Crippen LogP contribution in [0.3, 0.4) is 0 Å². The number of nitro groups is 1. The summed E-state index contributed by atoms with van der Waals surface area (Å²) in [5.41, 5.74) is -0.205. The number of anilines is 1. The van der Waals surface area contributed by atoms with Crippen molar-refractivity contribution in [2.24, 2.45) is 0 Å². The average Bonchev–Trinajstić information content (AvgIpc) is 2.04. The van der Waals surface area contributed by atoms with E-state index in [1.165, 1.54) is 18.2 Å². The molecule has 6 heteroatoms. The number of para-hydroxylation sites is 1. The second-order valence-corrected chi connectivity index (χ2v) is 2.56. The lowest BCUT2D eigenvalue weighted by atomic mass is 10.3. The lowest BCUT2D eigenvalue weighted by molar-refractivity contribution is -0.383. The molecule has 0 heterocycles. The normalized spacial score (nSPS) is 9.31. The summed E-state index contributed by atoms with van der Waals surface area (Å²) in [7, 11) is 0. The Bertz CT molecular complexity index is 354. The Labute approximate surface area is 78.5 Å². The molecular weight excluding hydrogens is 196 g/mol. The summed E-state index contributed by atoms with van der Waals surface area (Å²) < 4.78 is 0. The van der Waals surface area contributed by atoms with Gasteiger partial charge in [-0.3, -0.25) is 14.9 Å². The summed E-state index contributed by atoms with van der Waals surface area (Å²) in [5.74, 6) is 0. The van der Waals surface area contributed by atoms with E-state index in [1.807, 2.05) is 0 Å². The summed E-state index contributed by atoms with van der Waals surface area (Å²) >= 11 is 5.56. The molecule has 0 aliphatic heterocycles. The van der Waals surface area contributed by atoms with Crippen LogP contribution < -0.4 is 5.32 Å². The topological polar surface area (TPSA) is 72.2 Å². The van der Waals surface area contributed by atoms with Gasteiger partial charge in [0.1, 0.15) is 10.7 Å². The van der Waals surface area contributed by atoms with Crippen molar-refractivity contribution in [1.29, 1.82) is 0 Å². The summed E-state index contributed by atoms with van der Waals surface area (Å²) in [6.45, 7) is 0. The van der Waals surface area contributed by atoms with Crippen LogP contribution in [0.5, 0.6) is 0 Å². The van der Waals surface area contributed by atoms with Crippen LogP contribution in [0.4, 0.5) is 11.4 Å². The molecule has 13 heavy (non-hydrogen) atoms. The fourth-order valence-electron chi connectivity index (χ4n) is 0.881. The number of nitrogens with zero attached hydrogens (tertiary/aromatic N) is 1. The Morgan fingerprint density at radius 3 is 2.77 bits per heavy atom. The van der Waals surface area contributed by atoms with Crippen LogP contribution in [0.2, 0.25) is 5.02 Å². The molecule has 1 aromatic carbocycles. The Morgan fingerprint density at radius 1 is 1.54 bits per heavy atom. The third kappa shape index (κ3) is 1.94. The van der Waals surface area contributed by atoms with Gasteiger partial charge in [-0.25, -0.2) is 0 Å². The molecule has 0 radical (unpaired) electrons. The minimum Gasteiger partial charge on any atom is -0.323 e. The van der Waals surface area contributed by atoms with E-state index in [-0.39, 0.29) is 16.4 Å². The third-order valence-corrected chi connectivity index (χ3v) is 1.69. The van der Waals surface area contributed by atoms with Crippen molar-refractivity contribution in [3.63, 3.8) is 0 Å². The molecule has 0 unspecified atom stereocenters. The summed E-state index contributed by atoms with van der Waals surface area (Å²) in [4.78, 5) is 19.9. The fourth-order valence-corrected chi connectivity index (χ4v) is 1.12. The van der Waals surface area contributed by atoms with E-state index in [0.29, 0.717) is 6.41 Å². The van der Waals surface area contributed by atoms with E-state index >= 15 is 0 Å². The van der Waals surface area contributed by atoms with E-state index < -0.39 is 4.92 Å². The molecule has 1 rings (SSSR count). The first kappa shape index (κ1) is 9.47. The number of nitrogens with one attached hydrogen (secondary N) is 1. The third-order valence-electron chi connectivity index (χ3n) is 1.38. The highest BCUT2D eigenvalue weighted by molar-refractivity contribution is 6.33. The van der Waals surface area contributed by atoms with Crippen molar-refractivity contribution >= 4 is 29.4 Å². The van der Waals surface area contributed by atoms with Crippen molar-refractivity contribution in [2.45, 2.75) is 0 Å². The number of amides is 1. The predicted octanol–water partition coefficient (Wildman–Crippen LogP) is 1.82. The van der Waals surface area contributed by atoms with Crippen LogP contribution in [0.25, 0.3) is 0 Å². The smallest absolute Gasteiger partial charge is 0.311 e. The highest BCUT2D eigenvalue weighted by Crippen LogP contribution is 2.31. The van der Waals surface area contributed by atoms with Gasteiger partial charge < -0.3 is 5.32 Å². The zero-order chi connectivity index (χ0) is 9.84. The largest absolute Gasteiger partial charge is 0.323 e. The van der Waals surface area contributed by atoms with Crippen LogP contribution in [-0.2, 0) is 4.79 Å². The van der Waals surface area contributed by atoms with Gasteiger partial charge in [-0.1, -0.05) is 17.7 Å². The van der Waals surface area contributed by atoms with Crippen molar-refractivity contribution < 1.29 is 9.72 Å². The van der Waals surface area contributed by atoms with Gasteiger partial charge in [0.15, 0.2) is 0 Å². The predicted molar refractivity (Wildman–Crippen MR) is 47.8 cm³/mol. The number of nitro benzene ring substituents is 1. The molecule has 0 saturated heterocycles. The molecule has 1 amide bonds. The van der Waals surface area contributed by atoms with Crippen molar-refractivity contribution in [2.75, 3.05) is 5.32 Å². The Morgan fingerprint density at radius 2 is 2.23 bits per heavy atom. The maximum Gasteiger partial charge on any atom is 0.311 e. The fraction of sp³-hybridized carbons (Fsp3) is 0. The standard InChI is InChI=1S/C7H5ClN2O3/c8-5-2-1-3-6(9-4-11)7(5)10(12)13/h1-4H,(H,9,11). The first-order valence-electron chi connectivity index (χ1n) is 3.30. The number of hydrogen-bond acceptors (Lipinski definition) is 3. The maximum atomic E-state index is 10.5. The van der Waals surface area contributed by atoms with E-state index in [4.69, 9.17) is 11.6 Å². The molecule has 1 N–H and O–H groups in total. The lowest BCUT2D eigenvalue weighted by Gasteiger charge is -2.00. The highest BCUT2D eigenvalue weighted by atomic mass is 35.5. The highest BCUT2D eigenvalue weighted by Gasteiger charge is 2.17. The zero-order valence-electron chi connectivity index (χ0n) is 6.36. The van der Waals surface area contributed by atoms with Crippen LogP contribution in [0, 0.1) is 10.1 Å². The second-order valence-electron chi connectivity index (χ2n) is 2.16. The lowest BCUT2D eigenvalue weighted by Crippen LogP contribution is -1.99. The first-order valence-corrected chi connectivity index (χ1v) is 3.67. The minimum atomic E-state index is -0.645. The molecule has 5 nitrogen and oxygen atoms in total. The van der Waals surface area contributed by atoms with Crippen LogP contribution in [0.15, 0.2) is 18.2 Å². The zero-order valence-corrected chi connectivity index (χ0v) is 7.12. The number of hydrogen-bond donors (Lipinski definition) is 1. The second kappa shape index (κ2) is 3.86. The number of rotatable bonds is 3. The van der Waals surface area contributed by atoms with E-state index in [0.717, 1.165) is 0 Å². The number of carbonyl (C=O) groups is 1. The first-order chi connectivity index (χ1) is 6.16. The molecule has 0 aromatic heterocycles. The molecule has 0 fully saturated rings. The molecule has 0 saturated carbocycles. The summed E-state index contributed by atoms with van der Waals surface area (Å²) in [6, 6.07) is 4.30. The minimum absolute atomic E-state index is 0.00292. The number of carbonyl (C=O) groups excluding carboxylic acids is 1. The van der Waals surface area contributed by atoms with E-state index in [9.17, 15) is 14.9 Å². The molecular formula is C7H5ClN2O3. The van der Waals surface area contributed by atoms with Gasteiger partial charge in [-0.15, -0.1) is 0 Å². The van der Waals surface area contributed by atoms with Gasteiger partial charge in [-0.05, 0) is 12.1 Å². The Kier molecular flexibility index (Phi) is 2.81.